The zero-order chi connectivity index (χ0) is 9.54. The van der Waals surface area contributed by atoms with Crippen LogP contribution in [-0.2, 0) is 6.42 Å². The Morgan fingerprint density at radius 3 is 2.79 bits per heavy atom. The number of fused-ring (bicyclic) bond motifs is 3. The summed E-state index contributed by atoms with van der Waals surface area (Å²) in [6, 6.07) is 8.98. The normalized spacial score (nSPS) is 11.5. The minimum atomic E-state index is 1.15. The molecule has 3 aromatic rings. The molecule has 1 aromatic carbocycles. The van der Waals surface area contributed by atoms with Gasteiger partial charge in [-0.25, -0.2) is 0 Å². The maximum Gasteiger partial charge on any atom is 0.0523 e. The molecule has 0 N–H and O–H groups in total. The quantitative estimate of drug-likeness (QED) is 0.556. The highest BCUT2D eigenvalue weighted by atomic mass is 32.1. The van der Waals surface area contributed by atoms with Gasteiger partial charge in [-0.1, -0.05) is 19.1 Å². The molecule has 0 aliphatic heterocycles. The molecule has 0 saturated heterocycles. The topological polar surface area (TPSA) is 0 Å². The first-order valence-corrected chi connectivity index (χ1v) is 6.46. The molecule has 3 rings (SSSR count). The van der Waals surface area contributed by atoms with Gasteiger partial charge in [0.1, 0.15) is 0 Å². The van der Waals surface area contributed by atoms with Crippen molar-refractivity contribution in [3.63, 3.8) is 0 Å². The van der Waals surface area contributed by atoms with E-state index in [0.717, 1.165) is 6.42 Å². The number of hydrogen-bond donors (Lipinski definition) is 0. The molecule has 0 saturated carbocycles. The van der Waals surface area contributed by atoms with Crippen LogP contribution in [0, 0.1) is 0 Å². The van der Waals surface area contributed by atoms with Crippen LogP contribution in [-0.4, -0.2) is 0 Å². The number of hydrogen-bond acceptors (Lipinski definition) is 2. The third-order valence-corrected chi connectivity index (χ3v) is 4.89. The molecule has 14 heavy (non-hydrogen) atoms. The molecular formula is C12H10S2. The Labute approximate surface area is 90.8 Å². The van der Waals surface area contributed by atoms with Gasteiger partial charge in [-0.3, -0.25) is 0 Å². The van der Waals surface area contributed by atoms with E-state index in [4.69, 9.17) is 0 Å². The van der Waals surface area contributed by atoms with Crippen molar-refractivity contribution in [1.82, 2.24) is 0 Å². The number of benzene rings is 1. The molecule has 2 aromatic heterocycles. The molecule has 0 nitrogen and oxygen atoms in total. The van der Waals surface area contributed by atoms with Crippen LogP contribution in [0.2, 0.25) is 0 Å². The lowest BCUT2D eigenvalue weighted by Gasteiger charge is -1.90. The van der Waals surface area contributed by atoms with Gasteiger partial charge in [0.15, 0.2) is 0 Å². The van der Waals surface area contributed by atoms with Gasteiger partial charge in [0, 0.05) is 4.88 Å². The second-order valence-corrected chi connectivity index (χ2v) is 5.44. The highest BCUT2D eigenvalue weighted by Crippen LogP contribution is 2.35. The van der Waals surface area contributed by atoms with E-state index in [9.17, 15) is 0 Å². The van der Waals surface area contributed by atoms with Crippen molar-refractivity contribution < 1.29 is 0 Å². The van der Waals surface area contributed by atoms with E-state index >= 15 is 0 Å². The van der Waals surface area contributed by atoms with Crippen LogP contribution in [0.3, 0.4) is 0 Å². The second-order valence-electron chi connectivity index (χ2n) is 3.39. The lowest BCUT2D eigenvalue weighted by Crippen LogP contribution is -1.64. The fourth-order valence-electron chi connectivity index (χ4n) is 1.75. The third kappa shape index (κ3) is 1.11. The number of thiophene rings is 2. The SMILES string of the molecule is CCc1cc2ccc3ccsc3c2s1. The van der Waals surface area contributed by atoms with Gasteiger partial charge in [-0.15, -0.1) is 22.7 Å². The summed E-state index contributed by atoms with van der Waals surface area (Å²) < 4.78 is 2.92. The summed E-state index contributed by atoms with van der Waals surface area (Å²) in [6.45, 7) is 2.22. The highest BCUT2D eigenvalue weighted by Gasteiger charge is 2.05. The summed E-state index contributed by atoms with van der Waals surface area (Å²) >= 11 is 3.79. The largest absolute Gasteiger partial charge is 0.142 e. The van der Waals surface area contributed by atoms with Crippen LogP contribution < -0.4 is 0 Å². The molecule has 2 heterocycles. The van der Waals surface area contributed by atoms with Gasteiger partial charge in [0.2, 0.25) is 0 Å². The van der Waals surface area contributed by atoms with Crippen LogP contribution >= 0.6 is 22.7 Å². The van der Waals surface area contributed by atoms with E-state index in [1.54, 1.807) is 0 Å². The molecule has 0 radical (unpaired) electrons. The third-order valence-electron chi connectivity index (χ3n) is 2.50. The Hall–Kier alpha value is -0.860. The average molecular weight is 218 g/mol. The Balaban J connectivity index is 2.49. The Kier molecular flexibility index (Phi) is 1.85. The second kappa shape index (κ2) is 3.07. The zero-order valence-corrected chi connectivity index (χ0v) is 9.54. The van der Waals surface area contributed by atoms with Crippen LogP contribution in [0.1, 0.15) is 11.8 Å². The zero-order valence-electron chi connectivity index (χ0n) is 7.91. The van der Waals surface area contributed by atoms with Crippen molar-refractivity contribution in [2.24, 2.45) is 0 Å². The van der Waals surface area contributed by atoms with Crippen molar-refractivity contribution in [3.8, 4) is 0 Å². The van der Waals surface area contributed by atoms with Crippen molar-refractivity contribution in [2.45, 2.75) is 13.3 Å². The van der Waals surface area contributed by atoms with Crippen LogP contribution in [0.25, 0.3) is 20.2 Å². The summed E-state index contributed by atoms with van der Waals surface area (Å²) in [5, 5.41) is 4.96. The van der Waals surface area contributed by atoms with Gasteiger partial charge in [0.05, 0.1) is 9.40 Å². The van der Waals surface area contributed by atoms with Gasteiger partial charge in [0.25, 0.3) is 0 Å². The van der Waals surface area contributed by atoms with Crippen molar-refractivity contribution in [1.29, 1.82) is 0 Å². The predicted octanol–water partition coefficient (Wildman–Crippen LogP) is 4.68. The van der Waals surface area contributed by atoms with E-state index in [1.807, 2.05) is 22.7 Å². The van der Waals surface area contributed by atoms with Crippen LogP contribution in [0.4, 0.5) is 0 Å². The fraction of sp³-hybridized carbons (Fsp3) is 0.167. The maximum absolute atomic E-state index is 2.32. The highest BCUT2D eigenvalue weighted by molar-refractivity contribution is 7.26. The molecule has 0 amide bonds. The average Bonchev–Trinajstić information content (AvgIpc) is 2.82. The number of aryl methyl sites for hydroxylation is 1. The maximum atomic E-state index is 2.32. The van der Waals surface area contributed by atoms with Crippen LogP contribution in [0.15, 0.2) is 29.6 Å². The summed E-state index contributed by atoms with van der Waals surface area (Å²) in [4.78, 5) is 1.49. The number of rotatable bonds is 1. The molecule has 0 bridgehead atoms. The summed E-state index contributed by atoms with van der Waals surface area (Å²) in [6.07, 6.45) is 1.15. The fourth-order valence-corrected chi connectivity index (χ4v) is 3.91. The minimum Gasteiger partial charge on any atom is -0.142 e. The van der Waals surface area contributed by atoms with Gasteiger partial charge in [-0.05, 0) is 34.7 Å². The molecule has 0 unspecified atom stereocenters. The molecule has 2 heteroatoms. The molecule has 0 aliphatic rings. The molecule has 70 valence electrons. The first-order valence-electron chi connectivity index (χ1n) is 4.77. The molecule has 0 atom stereocenters. The van der Waals surface area contributed by atoms with Gasteiger partial charge in [-0.2, -0.15) is 0 Å². The molecule has 0 spiro atoms. The summed E-state index contributed by atoms with van der Waals surface area (Å²) in [5.74, 6) is 0. The first kappa shape index (κ1) is 8.45. The van der Waals surface area contributed by atoms with E-state index < -0.39 is 0 Å². The monoisotopic (exact) mass is 218 g/mol. The van der Waals surface area contributed by atoms with E-state index in [1.165, 1.54) is 25.0 Å². The smallest absolute Gasteiger partial charge is 0.0523 e. The van der Waals surface area contributed by atoms with E-state index in [-0.39, 0.29) is 0 Å². The molecule has 0 fully saturated rings. The van der Waals surface area contributed by atoms with E-state index in [2.05, 4.69) is 36.6 Å². The lowest BCUT2D eigenvalue weighted by molar-refractivity contribution is 1.19. The first-order chi connectivity index (χ1) is 6.88. The minimum absolute atomic E-state index is 1.15. The van der Waals surface area contributed by atoms with Gasteiger partial charge >= 0.3 is 0 Å². The molecule has 0 aliphatic carbocycles. The summed E-state index contributed by atoms with van der Waals surface area (Å²) in [5.41, 5.74) is 0. The Morgan fingerprint density at radius 2 is 1.93 bits per heavy atom. The lowest BCUT2D eigenvalue weighted by atomic mass is 10.2. The van der Waals surface area contributed by atoms with Crippen molar-refractivity contribution in [2.75, 3.05) is 0 Å². The van der Waals surface area contributed by atoms with E-state index in [0.29, 0.717) is 0 Å². The Bertz CT molecular complexity index is 586. The Morgan fingerprint density at radius 1 is 1.07 bits per heavy atom. The standard InChI is InChI=1S/C12H10S2/c1-2-10-7-9-4-3-8-5-6-13-11(8)12(9)14-10/h3-7H,2H2,1H3. The van der Waals surface area contributed by atoms with Crippen molar-refractivity contribution >= 4 is 42.8 Å². The van der Waals surface area contributed by atoms with Gasteiger partial charge < -0.3 is 0 Å². The molecular weight excluding hydrogens is 208 g/mol. The summed E-state index contributed by atoms with van der Waals surface area (Å²) in [7, 11) is 0. The van der Waals surface area contributed by atoms with Crippen molar-refractivity contribution in [3.05, 3.63) is 34.5 Å². The predicted molar refractivity (Wildman–Crippen MR) is 66.6 cm³/mol. The van der Waals surface area contributed by atoms with Crippen LogP contribution in [0.5, 0.6) is 0 Å².